The normalized spacial score (nSPS) is 12.5. The second-order valence-electron chi connectivity index (χ2n) is 19.5. The van der Waals surface area contributed by atoms with Gasteiger partial charge in [0.05, 0.1) is 44.5 Å². The van der Waals surface area contributed by atoms with Crippen molar-refractivity contribution in [2.45, 2.75) is 102 Å². The molecule has 0 saturated heterocycles. The van der Waals surface area contributed by atoms with Crippen molar-refractivity contribution in [3.63, 3.8) is 0 Å². The van der Waals surface area contributed by atoms with Gasteiger partial charge in [-0.2, -0.15) is 9.10 Å². The van der Waals surface area contributed by atoms with Gasteiger partial charge >= 0.3 is 12.2 Å². The largest absolute Gasteiger partial charge is 0.497 e. The Kier molecular flexibility index (Phi) is 16.7. The number of H-pyrrole nitrogens is 1. The minimum Gasteiger partial charge on any atom is -0.497 e. The number of aromatic nitrogens is 6. The third-order valence-electron chi connectivity index (χ3n) is 11.1. The molecule has 4 N–H and O–H groups in total. The summed E-state index contributed by atoms with van der Waals surface area (Å²) in [6.07, 6.45) is -2.21. The number of anilines is 1. The molecule has 24 heteroatoms. The number of tetrazole rings is 1. The fourth-order valence-electron chi connectivity index (χ4n) is 7.80. The van der Waals surface area contributed by atoms with E-state index < -0.39 is 71.6 Å². The molecule has 0 spiro atoms. The van der Waals surface area contributed by atoms with Crippen molar-refractivity contribution < 1.29 is 54.9 Å². The van der Waals surface area contributed by atoms with E-state index in [1.807, 2.05) is 4.72 Å². The van der Waals surface area contributed by atoms with Crippen LogP contribution in [0.1, 0.15) is 71.6 Å². The molecule has 0 bridgehead atoms. The summed E-state index contributed by atoms with van der Waals surface area (Å²) in [5.41, 5.74) is 0.570. The van der Waals surface area contributed by atoms with Gasteiger partial charge in [-0.3, -0.25) is 10.1 Å². The van der Waals surface area contributed by atoms with Crippen molar-refractivity contribution in [1.29, 1.82) is 0 Å². The Morgan fingerprint density at radius 1 is 0.697 bits per heavy atom. The van der Waals surface area contributed by atoms with Crippen LogP contribution in [0.4, 0.5) is 15.5 Å². The molecule has 0 saturated carbocycles. The van der Waals surface area contributed by atoms with Crippen LogP contribution in [-0.2, 0) is 53.9 Å². The first-order valence-corrected chi connectivity index (χ1v) is 26.7. The number of aromatic amines is 1. The Hall–Kier alpha value is -8.09. The number of sulfonamides is 2. The number of carbonyl (C=O) groups excluding carboxylic acids is 3. The average Bonchev–Trinajstić information content (AvgIpc) is 4.05. The number of carbonyl (C=O) groups is 3. The highest BCUT2D eigenvalue weighted by Crippen LogP contribution is 2.43. The predicted octanol–water partition coefficient (Wildman–Crippen LogP) is 7.80. The van der Waals surface area contributed by atoms with Crippen LogP contribution in [0.15, 0.2) is 113 Å². The van der Waals surface area contributed by atoms with E-state index in [2.05, 4.69) is 30.9 Å². The molecule has 0 aliphatic rings. The zero-order valence-electron chi connectivity index (χ0n) is 43.6. The maximum Gasteiger partial charge on any atom is 0.414 e. The Balaban J connectivity index is 1.48. The fraction of sp³-hybridized carbons (Fsp3) is 0.327. The molecule has 1 atom stereocenters. The van der Waals surface area contributed by atoms with Gasteiger partial charge in [0, 0.05) is 31.1 Å². The Morgan fingerprint density at radius 3 is 1.78 bits per heavy atom. The molecule has 0 aliphatic heterocycles. The first-order chi connectivity index (χ1) is 35.8. The van der Waals surface area contributed by atoms with Gasteiger partial charge in [0.2, 0.25) is 27.7 Å². The maximum absolute atomic E-state index is 16.3. The first-order valence-electron chi connectivity index (χ1n) is 23.7. The van der Waals surface area contributed by atoms with Gasteiger partial charge < -0.3 is 34.0 Å². The third kappa shape index (κ3) is 14.0. The molecule has 1 unspecified atom stereocenters. The zero-order chi connectivity index (χ0) is 55.2. The highest BCUT2D eigenvalue weighted by molar-refractivity contribution is 7.92. The molecular weight excluding hydrogens is 1020 g/mol. The van der Waals surface area contributed by atoms with E-state index in [9.17, 15) is 14.4 Å². The van der Waals surface area contributed by atoms with E-state index in [0.29, 0.717) is 39.5 Å². The van der Waals surface area contributed by atoms with Crippen LogP contribution in [0.25, 0.3) is 33.5 Å². The number of hydrogen-bond donors (Lipinski definition) is 4. The Bertz CT molecular complexity index is 3390. The lowest BCUT2D eigenvalue weighted by molar-refractivity contribution is -0.119. The van der Waals surface area contributed by atoms with Crippen LogP contribution >= 0.6 is 0 Å². The monoisotopic (exact) mass is 1080 g/mol. The molecule has 0 fully saturated rings. The lowest BCUT2D eigenvalue weighted by atomic mass is 9.98. The van der Waals surface area contributed by atoms with Gasteiger partial charge in [0.1, 0.15) is 38.2 Å². The number of hydrogen-bond acceptors (Lipinski definition) is 16. The molecule has 2 aromatic heterocycles. The van der Waals surface area contributed by atoms with Gasteiger partial charge in [0.25, 0.3) is 10.0 Å². The number of fused-ring (bicyclic) bond motifs is 1. The van der Waals surface area contributed by atoms with Gasteiger partial charge in [-0.1, -0.05) is 54.6 Å². The smallest absolute Gasteiger partial charge is 0.414 e. The number of amides is 3. The minimum atomic E-state index is -5.18. The van der Waals surface area contributed by atoms with Crippen LogP contribution in [-0.4, -0.2) is 108 Å². The summed E-state index contributed by atoms with van der Waals surface area (Å²) in [4.78, 5) is 46.6. The van der Waals surface area contributed by atoms with Crippen molar-refractivity contribution in [2.75, 3.05) is 26.6 Å². The van der Waals surface area contributed by atoms with Crippen molar-refractivity contribution in [1.82, 2.24) is 44.5 Å². The molecular formula is C52H60N10O12S2. The van der Waals surface area contributed by atoms with Crippen molar-refractivity contribution in [2.24, 2.45) is 0 Å². The van der Waals surface area contributed by atoms with E-state index in [0.717, 1.165) is 10.4 Å². The molecule has 76 heavy (non-hydrogen) atoms. The van der Waals surface area contributed by atoms with E-state index in [-0.39, 0.29) is 53.6 Å². The Morgan fingerprint density at radius 2 is 1.24 bits per heavy atom. The number of nitrogens with one attached hydrogen (secondary N) is 4. The van der Waals surface area contributed by atoms with E-state index in [1.165, 1.54) is 39.1 Å². The molecule has 7 rings (SSSR count). The van der Waals surface area contributed by atoms with Gasteiger partial charge in [-0.05, 0) is 124 Å². The summed E-state index contributed by atoms with van der Waals surface area (Å²) in [6.45, 7) is 11.0. The predicted molar refractivity (Wildman–Crippen MR) is 281 cm³/mol. The van der Waals surface area contributed by atoms with Crippen molar-refractivity contribution >= 4 is 55.1 Å². The molecule has 5 aromatic carbocycles. The SMILES string of the molecule is COc1ccc(CN(Cc2ccc(OC)cc2)S(=O)(=O)c2c(S(=O)(=O)NC(=O)CC(C)NC(=O)OC(C)(C)C)ccc(-c3cccc4[nH]c(NC(=O)OC(C)(C)C)nc34)c2-c2nnn(Cc3ccc(OC)cc3)n2)cc1. The molecule has 7 aromatic rings. The van der Waals surface area contributed by atoms with Crippen LogP contribution < -0.4 is 29.6 Å². The lowest BCUT2D eigenvalue weighted by Crippen LogP contribution is -2.41. The average molecular weight is 1080 g/mol. The molecule has 0 aliphatic carbocycles. The number of ether oxygens (including phenoxy) is 5. The summed E-state index contributed by atoms with van der Waals surface area (Å²) in [5, 5.41) is 18.5. The Labute approximate surface area is 440 Å². The maximum atomic E-state index is 16.3. The quantitative estimate of drug-likeness (QED) is 0.0601. The standard InChI is InChI=1S/C52H60N10O12S2/c1-32(53-49(64)73-51(2,3)4)28-43(63)59-75(66,67)42-27-26-39(40-12-11-13-41-45(40)55-48(54-41)56-50(65)74-52(5,6)7)44(47-57-60-62(58-47)31-35-18-24-38(72-10)25-19-35)46(42)76(68,69)61(29-33-14-20-36(70-8)21-15-33)30-34-16-22-37(71-9)23-17-34/h11-27,32H,28-31H2,1-10H3,(H,53,64)(H,59,63)(H2,54,55,56,65). The van der Waals surface area contributed by atoms with Crippen LogP contribution in [0.3, 0.4) is 0 Å². The van der Waals surface area contributed by atoms with Crippen LogP contribution in [0.2, 0.25) is 0 Å². The van der Waals surface area contributed by atoms with E-state index in [1.54, 1.807) is 133 Å². The summed E-state index contributed by atoms with van der Waals surface area (Å²) in [6, 6.07) is 26.8. The molecule has 2 heterocycles. The number of imidazole rings is 1. The number of nitrogens with zero attached hydrogens (tertiary/aromatic N) is 6. The number of para-hydroxylation sites is 1. The van der Waals surface area contributed by atoms with Crippen molar-refractivity contribution in [3.8, 4) is 39.8 Å². The number of benzene rings is 5. The highest BCUT2D eigenvalue weighted by Gasteiger charge is 2.39. The second-order valence-corrected chi connectivity index (χ2v) is 23.0. The summed E-state index contributed by atoms with van der Waals surface area (Å²) in [5.74, 6) is 0.180. The van der Waals surface area contributed by atoms with Gasteiger partial charge in [-0.15, -0.1) is 10.2 Å². The van der Waals surface area contributed by atoms with Gasteiger partial charge in [0.15, 0.2) is 0 Å². The summed E-state index contributed by atoms with van der Waals surface area (Å²) < 4.78 is 92.6. The van der Waals surface area contributed by atoms with Crippen LogP contribution in [0.5, 0.6) is 17.2 Å². The van der Waals surface area contributed by atoms with E-state index in [4.69, 9.17) is 28.8 Å². The highest BCUT2D eigenvalue weighted by atomic mass is 32.2. The molecule has 22 nitrogen and oxygen atoms in total. The summed E-state index contributed by atoms with van der Waals surface area (Å²) in [7, 11) is -5.81. The topological polar surface area (TPSA) is 277 Å². The fourth-order valence-corrected chi connectivity index (χ4v) is 11.2. The molecule has 3 amide bonds. The second kappa shape index (κ2) is 22.8. The first kappa shape index (κ1) is 55.7. The molecule has 0 radical (unpaired) electrons. The number of methoxy groups -OCH3 is 3. The van der Waals surface area contributed by atoms with Gasteiger partial charge in [-0.25, -0.2) is 36.1 Å². The minimum absolute atomic E-state index is 0.0166. The van der Waals surface area contributed by atoms with E-state index >= 15 is 16.8 Å². The summed E-state index contributed by atoms with van der Waals surface area (Å²) >= 11 is 0. The number of rotatable bonds is 19. The lowest BCUT2D eigenvalue weighted by Gasteiger charge is -2.26. The molecule has 402 valence electrons. The van der Waals surface area contributed by atoms with Crippen molar-refractivity contribution in [3.05, 3.63) is 120 Å². The zero-order valence-corrected chi connectivity index (χ0v) is 45.3. The third-order valence-corrected chi connectivity index (χ3v) is 14.6. The van der Waals surface area contributed by atoms with Crippen LogP contribution in [0, 0.1) is 0 Å². The number of alkyl carbamates (subject to hydrolysis) is 1.